The van der Waals surface area contributed by atoms with Gasteiger partial charge in [-0.15, -0.1) is 0 Å². The van der Waals surface area contributed by atoms with Crippen LogP contribution in [0.5, 0.6) is 0 Å². The Morgan fingerprint density at radius 2 is 1.77 bits per heavy atom. The van der Waals surface area contributed by atoms with Crippen LogP contribution < -0.4 is 5.32 Å². The minimum atomic E-state index is 0.378. The summed E-state index contributed by atoms with van der Waals surface area (Å²) in [6, 6.07) is 0.599. The van der Waals surface area contributed by atoms with E-state index in [9.17, 15) is 0 Å². The molecular formula is C11H25NS. The van der Waals surface area contributed by atoms with E-state index in [-0.39, 0.29) is 0 Å². The highest BCUT2D eigenvalue weighted by Crippen LogP contribution is 2.18. The zero-order valence-corrected chi connectivity index (χ0v) is 10.8. The Bertz CT molecular complexity index is 129. The second-order valence-corrected chi connectivity index (χ2v) is 6.15. The van der Waals surface area contributed by atoms with Gasteiger partial charge in [-0.25, -0.2) is 0 Å². The van der Waals surface area contributed by atoms with Gasteiger partial charge in [0, 0.05) is 11.3 Å². The monoisotopic (exact) mass is 203 g/mol. The van der Waals surface area contributed by atoms with Crippen molar-refractivity contribution < 1.29 is 0 Å². The van der Waals surface area contributed by atoms with Gasteiger partial charge in [0.1, 0.15) is 0 Å². The molecule has 1 N–H and O–H groups in total. The highest BCUT2D eigenvalue weighted by atomic mass is 32.2. The first-order valence-electron chi connectivity index (χ1n) is 5.14. The highest BCUT2D eigenvalue weighted by Gasteiger charge is 2.18. The largest absolute Gasteiger partial charge is 0.314 e. The summed E-state index contributed by atoms with van der Waals surface area (Å²) in [4.78, 5) is 0. The zero-order chi connectivity index (χ0) is 10.5. The lowest BCUT2D eigenvalue weighted by Crippen LogP contribution is -2.38. The van der Waals surface area contributed by atoms with Crippen molar-refractivity contribution in [2.24, 2.45) is 5.41 Å². The van der Waals surface area contributed by atoms with Crippen LogP contribution in [-0.2, 0) is 0 Å². The molecule has 0 fully saturated rings. The summed E-state index contributed by atoms with van der Waals surface area (Å²) < 4.78 is 0. The fourth-order valence-electron chi connectivity index (χ4n) is 0.927. The lowest BCUT2D eigenvalue weighted by atomic mass is 9.88. The van der Waals surface area contributed by atoms with Crippen LogP contribution in [0.3, 0.4) is 0 Å². The second kappa shape index (κ2) is 5.92. The van der Waals surface area contributed by atoms with Crippen molar-refractivity contribution >= 4 is 11.8 Å². The fraction of sp³-hybridized carbons (Fsp3) is 1.00. The van der Waals surface area contributed by atoms with Gasteiger partial charge in [0.25, 0.3) is 0 Å². The van der Waals surface area contributed by atoms with Crippen molar-refractivity contribution in [1.29, 1.82) is 0 Å². The molecule has 1 nitrogen and oxygen atoms in total. The van der Waals surface area contributed by atoms with Crippen LogP contribution in [0.25, 0.3) is 0 Å². The average Bonchev–Trinajstić information content (AvgIpc) is 2.02. The Morgan fingerprint density at radius 1 is 1.23 bits per heavy atom. The van der Waals surface area contributed by atoms with Crippen LogP contribution in [0, 0.1) is 5.41 Å². The standard InChI is InChI=1S/C11H25NS/c1-9(13-6)7-8-12-10(2)11(3,4)5/h9-10,12H,7-8H2,1-6H3. The minimum Gasteiger partial charge on any atom is -0.314 e. The van der Waals surface area contributed by atoms with Gasteiger partial charge in [0.05, 0.1) is 0 Å². The Hall–Kier alpha value is 0.310. The first-order chi connectivity index (χ1) is 5.88. The van der Waals surface area contributed by atoms with Crippen molar-refractivity contribution in [1.82, 2.24) is 5.32 Å². The number of nitrogens with one attached hydrogen (secondary N) is 1. The molecule has 0 heterocycles. The quantitative estimate of drug-likeness (QED) is 0.736. The Kier molecular flexibility index (Phi) is 6.06. The smallest absolute Gasteiger partial charge is 0.00872 e. The molecule has 0 aromatic carbocycles. The van der Waals surface area contributed by atoms with E-state index < -0.39 is 0 Å². The number of thioether (sulfide) groups is 1. The summed E-state index contributed by atoms with van der Waals surface area (Å²) in [5, 5.41) is 4.35. The van der Waals surface area contributed by atoms with Gasteiger partial charge >= 0.3 is 0 Å². The van der Waals surface area contributed by atoms with E-state index in [0.29, 0.717) is 11.5 Å². The molecule has 0 saturated carbocycles. The van der Waals surface area contributed by atoms with Gasteiger partial charge in [0.15, 0.2) is 0 Å². The molecule has 2 atom stereocenters. The third kappa shape index (κ3) is 6.39. The van der Waals surface area contributed by atoms with Crippen LogP contribution >= 0.6 is 11.8 Å². The molecule has 2 unspecified atom stereocenters. The topological polar surface area (TPSA) is 12.0 Å². The first kappa shape index (κ1) is 13.3. The van der Waals surface area contributed by atoms with Crippen molar-refractivity contribution in [3.8, 4) is 0 Å². The van der Waals surface area contributed by atoms with Crippen LogP contribution in [-0.4, -0.2) is 24.1 Å². The third-order valence-electron chi connectivity index (χ3n) is 2.70. The van der Waals surface area contributed by atoms with E-state index in [1.165, 1.54) is 6.42 Å². The normalized spacial score (nSPS) is 17.1. The molecule has 0 saturated heterocycles. The molecule has 0 rings (SSSR count). The zero-order valence-electron chi connectivity index (χ0n) is 9.98. The lowest BCUT2D eigenvalue weighted by Gasteiger charge is -2.28. The van der Waals surface area contributed by atoms with Gasteiger partial charge in [-0.2, -0.15) is 11.8 Å². The summed E-state index contributed by atoms with van der Waals surface area (Å²) in [5.74, 6) is 0. The minimum absolute atomic E-state index is 0.378. The van der Waals surface area contributed by atoms with Crippen molar-refractivity contribution in [2.75, 3.05) is 12.8 Å². The van der Waals surface area contributed by atoms with Crippen LogP contribution in [0.15, 0.2) is 0 Å². The second-order valence-electron chi connectivity index (χ2n) is 4.88. The SMILES string of the molecule is CSC(C)CCNC(C)C(C)(C)C. The van der Waals surface area contributed by atoms with Gasteiger partial charge in [-0.1, -0.05) is 27.7 Å². The summed E-state index contributed by atoms with van der Waals surface area (Å²) in [6.45, 7) is 12.5. The first-order valence-corrected chi connectivity index (χ1v) is 6.43. The molecule has 0 radical (unpaired) electrons. The summed E-state index contributed by atoms with van der Waals surface area (Å²) in [6.07, 6.45) is 3.44. The number of hydrogen-bond donors (Lipinski definition) is 1. The van der Waals surface area contributed by atoms with E-state index in [4.69, 9.17) is 0 Å². The van der Waals surface area contributed by atoms with Gasteiger partial charge in [0.2, 0.25) is 0 Å². The van der Waals surface area contributed by atoms with Crippen LogP contribution in [0.2, 0.25) is 0 Å². The molecule has 0 bridgehead atoms. The van der Waals surface area contributed by atoms with E-state index in [1.807, 2.05) is 11.8 Å². The molecule has 0 spiro atoms. The molecule has 0 aromatic heterocycles. The fourth-order valence-corrected chi connectivity index (χ4v) is 1.28. The van der Waals surface area contributed by atoms with Gasteiger partial charge in [-0.3, -0.25) is 0 Å². The summed E-state index contributed by atoms with van der Waals surface area (Å²) >= 11 is 1.94. The maximum Gasteiger partial charge on any atom is 0.00872 e. The van der Waals surface area contributed by atoms with E-state index in [2.05, 4.69) is 46.2 Å². The number of hydrogen-bond acceptors (Lipinski definition) is 2. The Morgan fingerprint density at radius 3 is 2.15 bits per heavy atom. The molecule has 0 aromatic rings. The predicted octanol–water partition coefficient (Wildman–Crippen LogP) is 3.15. The molecule has 13 heavy (non-hydrogen) atoms. The maximum atomic E-state index is 3.57. The Balaban J connectivity index is 3.54. The summed E-state index contributed by atoms with van der Waals surface area (Å²) in [5.41, 5.74) is 0.378. The molecule has 0 aliphatic heterocycles. The van der Waals surface area contributed by atoms with Crippen molar-refractivity contribution in [3.05, 3.63) is 0 Å². The van der Waals surface area contributed by atoms with E-state index in [0.717, 1.165) is 11.8 Å². The average molecular weight is 203 g/mol. The molecule has 0 aliphatic rings. The molecule has 0 aliphatic carbocycles. The van der Waals surface area contributed by atoms with Crippen LogP contribution in [0.4, 0.5) is 0 Å². The Labute approximate surface area is 88.1 Å². The van der Waals surface area contributed by atoms with Crippen molar-refractivity contribution in [3.63, 3.8) is 0 Å². The summed E-state index contributed by atoms with van der Waals surface area (Å²) in [7, 11) is 0. The highest BCUT2D eigenvalue weighted by molar-refractivity contribution is 7.99. The van der Waals surface area contributed by atoms with Crippen LogP contribution in [0.1, 0.15) is 41.0 Å². The lowest BCUT2D eigenvalue weighted by molar-refractivity contribution is 0.286. The van der Waals surface area contributed by atoms with E-state index >= 15 is 0 Å². The number of rotatable bonds is 5. The van der Waals surface area contributed by atoms with Gasteiger partial charge < -0.3 is 5.32 Å². The molecule has 2 heteroatoms. The third-order valence-corrected chi connectivity index (χ3v) is 3.74. The predicted molar refractivity (Wildman–Crippen MR) is 64.5 cm³/mol. The molecule has 0 amide bonds. The van der Waals surface area contributed by atoms with Gasteiger partial charge in [-0.05, 0) is 31.6 Å². The van der Waals surface area contributed by atoms with E-state index in [1.54, 1.807) is 0 Å². The molecule has 80 valence electrons. The van der Waals surface area contributed by atoms with Crippen molar-refractivity contribution in [2.45, 2.75) is 52.3 Å². The molecular weight excluding hydrogens is 178 g/mol. The maximum absolute atomic E-state index is 3.57.